The third-order valence-corrected chi connectivity index (χ3v) is 3.17. The van der Waals surface area contributed by atoms with Crippen LogP contribution in [-0.2, 0) is 4.79 Å². The first kappa shape index (κ1) is 17.1. The Labute approximate surface area is 136 Å². The maximum atomic E-state index is 12.8. The monoisotopic (exact) mass is 331 g/mol. The number of carbonyl (C=O) groups is 2. The Morgan fingerprint density at radius 2 is 1.83 bits per heavy atom. The molecule has 0 radical (unpaired) electrons. The molecular formula is C16H14FN3O4. The Morgan fingerprint density at radius 3 is 2.46 bits per heavy atom. The summed E-state index contributed by atoms with van der Waals surface area (Å²) in [5, 5.41) is 15.7. The molecule has 1 atom stereocenters. The van der Waals surface area contributed by atoms with Crippen LogP contribution < -0.4 is 10.6 Å². The topological polar surface area (TPSA) is 101 Å². The van der Waals surface area contributed by atoms with Gasteiger partial charge in [0, 0.05) is 23.4 Å². The molecule has 7 nitrogen and oxygen atoms in total. The van der Waals surface area contributed by atoms with Gasteiger partial charge in [0.25, 0.3) is 11.6 Å². The van der Waals surface area contributed by atoms with Gasteiger partial charge in [-0.1, -0.05) is 6.07 Å². The number of rotatable bonds is 5. The molecule has 0 aliphatic rings. The molecule has 2 aromatic carbocycles. The van der Waals surface area contributed by atoms with Crippen LogP contribution in [-0.4, -0.2) is 22.8 Å². The highest BCUT2D eigenvalue weighted by molar-refractivity contribution is 6.01. The maximum absolute atomic E-state index is 12.8. The first-order valence-corrected chi connectivity index (χ1v) is 6.98. The van der Waals surface area contributed by atoms with Crippen LogP contribution in [0.25, 0.3) is 0 Å². The van der Waals surface area contributed by atoms with Gasteiger partial charge in [-0.3, -0.25) is 19.7 Å². The molecule has 0 aliphatic carbocycles. The number of anilines is 1. The van der Waals surface area contributed by atoms with Crippen LogP contribution in [0.15, 0.2) is 48.5 Å². The molecule has 2 amide bonds. The molecule has 8 heteroatoms. The summed E-state index contributed by atoms with van der Waals surface area (Å²) in [5.74, 6) is -1.54. The normalized spacial score (nSPS) is 11.4. The van der Waals surface area contributed by atoms with E-state index in [1.807, 2.05) is 0 Å². The van der Waals surface area contributed by atoms with E-state index in [0.29, 0.717) is 5.69 Å². The quantitative estimate of drug-likeness (QED) is 0.649. The summed E-state index contributed by atoms with van der Waals surface area (Å²) in [7, 11) is 0. The highest BCUT2D eigenvalue weighted by Crippen LogP contribution is 2.13. The lowest BCUT2D eigenvalue weighted by atomic mass is 10.1. The minimum atomic E-state index is -0.887. The SMILES string of the molecule is C[C@H](NC(=O)c1cccc([N+](=O)[O-])c1)C(=O)Nc1ccc(F)cc1. The predicted octanol–water partition coefficient (Wildman–Crippen LogP) is 2.49. The lowest BCUT2D eigenvalue weighted by Crippen LogP contribution is -2.41. The highest BCUT2D eigenvalue weighted by atomic mass is 19.1. The van der Waals surface area contributed by atoms with E-state index in [-0.39, 0.29) is 11.3 Å². The summed E-state index contributed by atoms with van der Waals surface area (Å²) in [5.41, 5.74) is 0.245. The summed E-state index contributed by atoms with van der Waals surface area (Å²) in [6.45, 7) is 1.47. The van der Waals surface area contributed by atoms with E-state index in [1.165, 1.54) is 49.4 Å². The smallest absolute Gasteiger partial charge is 0.270 e. The van der Waals surface area contributed by atoms with Gasteiger partial charge in [0.05, 0.1) is 4.92 Å². The molecule has 0 aromatic heterocycles. The van der Waals surface area contributed by atoms with Crippen molar-refractivity contribution < 1.29 is 18.9 Å². The average Bonchev–Trinajstić information content (AvgIpc) is 2.56. The summed E-state index contributed by atoms with van der Waals surface area (Å²) >= 11 is 0. The van der Waals surface area contributed by atoms with Crippen LogP contribution in [0.4, 0.5) is 15.8 Å². The van der Waals surface area contributed by atoms with E-state index in [1.54, 1.807) is 0 Å². The van der Waals surface area contributed by atoms with Crippen molar-refractivity contribution in [3.63, 3.8) is 0 Å². The van der Waals surface area contributed by atoms with Gasteiger partial charge in [0.2, 0.25) is 5.91 Å². The average molecular weight is 331 g/mol. The predicted molar refractivity (Wildman–Crippen MR) is 85.1 cm³/mol. The molecular weight excluding hydrogens is 317 g/mol. The van der Waals surface area contributed by atoms with E-state index < -0.39 is 28.6 Å². The van der Waals surface area contributed by atoms with E-state index in [9.17, 15) is 24.1 Å². The van der Waals surface area contributed by atoms with Gasteiger partial charge in [-0.25, -0.2) is 4.39 Å². The Bertz CT molecular complexity index is 777. The maximum Gasteiger partial charge on any atom is 0.270 e. The minimum Gasteiger partial charge on any atom is -0.341 e. The van der Waals surface area contributed by atoms with Crippen LogP contribution in [0.2, 0.25) is 0 Å². The fourth-order valence-electron chi connectivity index (χ4n) is 1.89. The number of hydrogen-bond donors (Lipinski definition) is 2. The Balaban J connectivity index is 2.00. The zero-order chi connectivity index (χ0) is 17.7. The molecule has 2 N–H and O–H groups in total. The summed E-state index contributed by atoms with van der Waals surface area (Å²) < 4.78 is 12.8. The first-order chi connectivity index (χ1) is 11.4. The van der Waals surface area contributed by atoms with Crippen molar-refractivity contribution in [1.29, 1.82) is 0 Å². The standard InChI is InChI=1S/C16H14FN3O4/c1-10(15(21)19-13-7-5-12(17)6-8-13)18-16(22)11-3-2-4-14(9-11)20(23)24/h2-10H,1H3,(H,18,22)(H,19,21)/t10-/m0/s1. The van der Waals surface area contributed by atoms with Gasteiger partial charge in [-0.2, -0.15) is 0 Å². The van der Waals surface area contributed by atoms with Gasteiger partial charge in [0.1, 0.15) is 11.9 Å². The molecule has 0 spiro atoms. The second-order valence-corrected chi connectivity index (χ2v) is 5.00. The van der Waals surface area contributed by atoms with E-state index in [2.05, 4.69) is 10.6 Å². The van der Waals surface area contributed by atoms with Crippen LogP contribution in [0.3, 0.4) is 0 Å². The Morgan fingerprint density at radius 1 is 1.17 bits per heavy atom. The molecule has 0 unspecified atom stereocenters. The third-order valence-electron chi connectivity index (χ3n) is 3.17. The van der Waals surface area contributed by atoms with Crippen LogP contribution in [0.5, 0.6) is 0 Å². The van der Waals surface area contributed by atoms with Crippen LogP contribution in [0.1, 0.15) is 17.3 Å². The summed E-state index contributed by atoms with van der Waals surface area (Å²) in [6, 6.07) is 9.47. The van der Waals surface area contributed by atoms with Crippen molar-refractivity contribution in [3.8, 4) is 0 Å². The second kappa shape index (κ2) is 7.32. The van der Waals surface area contributed by atoms with E-state index in [0.717, 1.165) is 6.07 Å². The van der Waals surface area contributed by atoms with Crippen molar-refractivity contribution in [2.75, 3.05) is 5.32 Å². The number of benzene rings is 2. The lowest BCUT2D eigenvalue weighted by molar-refractivity contribution is -0.384. The third kappa shape index (κ3) is 4.35. The van der Waals surface area contributed by atoms with Crippen LogP contribution >= 0.6 is 0 Å². The van der Waals surface area contributed by atoms with Crippen LogP contribution in [0, 0.1) is 15.9 Å². The van der Waals surface area contributed by atoms with Gasteiger partial charge in [-0.05, 0) is 37.3 Å². The molecule has 0 saturated carbocycles. The summed E-state index contributed by atoms with van der Waals surface area (Å²) in [4.78, 5) is 34.2. The fourth-order valence-corrected chi connectivity index (χ4v) is 1.89. The number of nitro benzene ring substituents is 1. The van der Waals surface area contributed by atoms with Crippen molar-refractivity contribution in [3.05, 3.63) is 70.0 Å². The van der Waals surface area contributed by atoms with E-state index in [4.69, 9.17) is 0 Å². The minimum absolute atomic E-state index is 0.0747. The first-order valence-electron chi connectivity index (χ1n) is 6.98. The zero-order valence-electron chi connectivity index (χ0n) is 12.7. The molecule has 2 rings (SSSR count). The number of nitro groups is 1. The number of nitrogens with one attached hydrogen (secondary N) is 2. The summed E-state index contributed by atoms with van der Waals surface area (Å²) in [6.07, 6.45) is 0. The van der Waals surface area contributed by atoms with Crippen molar-refractivity contribution in [1.82, 2.24) is 5.32 Å². The lowest BCUT2D eigenvalue weighted by Gasteiger charge is -2.14. The van der Waals surface area contributed by atoms with Crippen molar-refractivity contribution in [2.24, 2.45) is 0 Å². The Kier molecular flexibility index (Phi) is 5.20. The molecule has 0 saturated heterocycles. The van der Waals surface area contributed by atoms with Crippen molar-refractivity contribution >= 4 is 23.2 Å². The van der Waals surface area contributed by atoms with Gasteiger partial charge in [-0.15, -0.1) is 0 Å². The van der Waals surface area contributed by atoms with E-state index >= 15 is 0 Å². The number of non-ortho nitro benzene ring substituents is 1. The molecule has 24 heavy (non-hydrogen) atoms. The number of hydrogen-bond acceptors (Lipinski definition) is 4. The number of halogens is 1. The zero-order valence-corrected chi connectivity index (χ0v) is 12.7. The molecule has 124 valence electrons. The Hall–Kier alpha value is -3.29. The number of carbonyl (C=O) groups excluding carboxylic acids is 2. The molecule has 0 bridgehead atoms. The molecule has 0 heterocycles. The second-order valence-electron chi connectivity index (χ2n) is 5.00. The molecule has 0 fully saturated rings. The number of amides is 2. The fraction of sp³-hybridized carbons (Fsp3) is 0.125. The van der Waals surface area contributed by atoms with Gasteiger partial charge in [0.15, 0.2) is 0 Å². The highest BCUT2D eigenvalue weighted by Gasteiger charge is 2.18. The van der Waals surface area contributed by atoms with Gasteiger partial charge >= 0.3 is 0 Å². The molecule has 2 aromatic rings. The van der Waals surface area contributed by atoms with Crippen molar-refractivity contribution in [2.45, 2.75) is 13.0 Å². The molecule has 0 aliphatic heterocycles. The largest absolute Gasteiger partial charge is 0.341 e. The van der Waals surface area contributed by atoms with Gasteiger partial charge < -0.3 is 10.6 Å². The number of nitrogens with zero attached hydrogens (tertiary/aromatic N) is 1.